The van der Waals surface area contributed by atoms with Crippen molar-refractivity contribution in [3.05, 3.63) is 58.7 Å². The summed E-state index contributed by atoms with van der Waals surface area (Å²) < 4.78 is 0. The van der Waals surface area contributed by atoms with Gasteiger partial charge in [0.1, 0.15) is 11.6 Å². The van der Waals surface area contributed by atoms with Gasteiger partial charge in [-0.3, -0.25) is 0 Å². The minimum Gasteiger partial charge on any atom is -0.392 e. The predicted octanol–water partition coefficient (Wildman–Crippen LogP) is 4.70. The Balaban J connectivity index is 1.45. The molecule has 3 aromatic rings. The zero-order chi connectivity index (χ0) is 24.5. The fourth-order valence-electron chi connectivity index (χ4n) is 5.16. The minimum absolute atomic E-state index is 0.0634. The summed E-state index contributed by atoms with van der Waals surface area (Å²) in [5.41, 5.74) is 4.02. The van der Waals surface area contributed by atoms with E-state index in [-0.39, 0.29) is 12.6 Å². The number of anilines is 3. The predicted molar refractivity (Wildman–Crippen MR) is 142 cm³/mol. The molecule has 0 radical (unpaired) electrons. The molecule has 2 aliphatic heterocycles. The van der Waals surface area contributed by atoms with Crippen molar-refractivity contribution in [2.24, 2.45) is 0 Å². The van der Waals surface area contributed by atoms with Crippen LogP contribution in [0.5, 0.6) is 0 Å². The molecule has 8 heteroatoms. The molecule has 2 atom stereocenters. The van der Waals surface area contributed by atoms with Crippen LogP contribution in [0.25, 0.3) is 11.3 Å². The highest BCUT2D eigenvalue weighted by molar-refractivity contribution is 6.33. The normalized spacial score (nSPS) is 20.5. The third kappa shape index (κ3) is 4.93. The molecule has 184 valence electrons. The number of piperazine rings is 1. The van der Waals surface area contributed by atoms with Gasteiger partial charge in [-0.2, -0.15) is 4.98 Å². The highest BCUT2D eigenvalue weighted by atomic mass is 35.5. The average molecular weight is 493 g/mol. The number of rotatable bonds is 5. The van der Waals surface area contributed by atoms with E-state index >= 15 is 0 Å². The van der Waals surface area contributed by atoms with Crippen LogP contribution in [0.2, 0.25) is 5.02 Å². The van der Waals surface area contributed by atoms with Gasteiger partial charge in [0.05, 0.1) is 17.3 Å². The Morgan fingerprint density at radius 3 is 2.57 bits per heavy atom. The summed E-state index contributed by atoms with van der Waals surface area (Å²) in [6.45, 7) is 9.90. The first-order valence-electron chi connectivity index (χ1n) is 12.4. The quantitative estimate of drug-likeness (QED) is 0.553. The maximum Gasteiger partial charge on any atom is 0.228 e. The van der Waals surface area contributed by atoms with E-state index in [1.165, 1.54) is 18.4 Å². The van der Waals surface area contributed by atoms with Gasteiger partial charge in [0.15, 0.2) is 0 Å². The first-order chi connectivity index (χ1) is 16.9. The molecule has 1 N–H and O–H groups in total. The highest BCUT2D eigenvalue weighted by Gasteiger charge is 2.29. The molecular formula is C27H33ClN6O. The fourth-order valence-corrected chi connectivity index (χ4v) is 5.47. The molecule has 2 aromatic heterocycles. The fraction of sp³-hybridized carbons (Fsp3) is 0.444. The number of aromatic nitrogens is 3. The molecule has 0 aliphatic carbocycles. The Kier molecular flexibility index (Phi) is 6.80. The second kappa shape index (κ2) is 9.99. The molecule has 2 aliphatic rings. The standard InChI is InChI=1S/C27H33ClN6O/c1-18-6-4-8-22(12-18)24-14-25(31-27(30-24)34-9-5-7-19(34)2)33-11-10-32(16-20(33)3)26-23(28)13-21(17-35)15-29-26/h4,6,8,12-15,19-20,35H,5,7,9-11,16-17H2,1-3H3. The number of benzene rings is 1. The average Bonchev–Trinajstić information content (AvgIpc) is 3.29. The maximum atomic E-state index is 9.37. The van der Waals surface area contributed by atoms with Gasteiger partial charge in [-0.15, -0.1) is 0 Å². The van der Waals surface area contributed by atoms with Gasteiger partial charge in [0, 0.05) is 56.1 Å². The molecule has 2 saturated heterocycles. The van der Waals surface area contributed by atoms with Gasteiger partial charge >= 0.3 is 0 Å². The zero-order valence-corrected chi connectivity index (χ0v) is 21.4. The molecule has 0 bridgehead atoms. The molecule has 4 heterocycles. The van der Waals surface area contributed by atoms with Crippen molar-refractivity contribution >= 4 is 29.2 Å². The highest BCUT2D eigenvalue weighted by Crippen LogP contribution is 2.32. The van der Waals surface area contributed by atoms with E-state index in [1.54, 1.807) is 12.3 Å². The summed E-state index contributed by atoms with van der Waals surface area (Å²) in [4.78, 5) is 21.6. The number of hydrogen-bond donors (Lipinski definition) is 1. The molecule has 35 heavy (non-hydrogen) atoms. The number of aliphatic hydroxyl groups excluding tert-OH is 1. The molecule has 0 spiro atoms. The van der Waals surface area contributed by atoms with Gasteiger partial charge in [-0.1, -0.05) is 35.4 Å². The lowest BCUT2D eigenvalue weighted by Crippen LogP contribution is -2.52. The monoisotopic (exact) mass is 492 g/mol. The topological polar surface area (TPSA) is 68.6 Å². The van der Waals surface area contributed by atoms with Crippen molar-refractivity contribution in [2.75, 3.05) is 40.9 Å². The summed E-state index contributed by atoms with van der Waals surface area (Å²) in [7, 11) is 0. The van der Waals surface area contributed by atoms with E-state index in [0.29, 0.717) is 11.1 Å². The van der Waals surface area contributed by atoms with Crippen LogP contribution in [0.4, 0.5) is 17.6 Å². The van der Waals surface area contributed by atoms with Crippen molar-refractivity contribution < 1.29 is 5.11 Å². The van der Waals surface area contributed by atoms with E-state index in [2.05, 4.69) is 70.8 Å². The van der Waals surface area contributed by atoms with Crippen molar-refractivity contribution in [1.29, 1.82) is 0 Å². The summed E-state index contributed by atoms with van der Waals surface area (Å²) in [6, 6.07) is 13.1. The third-order valence-electron chi connectivity index (χ3n) is 7.11. The van der Waals surface area contributed by atoms with Gasteiger partial charge in [0.25, 0.3) is 0 Å². The van der Waals surface area contributed by atoms with Crippen LogP contribution in [0.15, 0.2) is 42.6 Å². The molecule has 0 saturated carbocycles. The first-order valence-corrected chi connectivity index (χ1v) is 12.8. The number of aryl methyl sites for hydroxylation is 1. The van der Waals surface area contributed by atoms with Crippen LogP contribution >= 0.6 is 11.6 Å². The van der Waals surface area contributed by atoms with Crippen LogP contribution < -0.4 is 14.7 Å². The number of pyridine rings is 1. The number of hydrogen-bond acceptors (Lipinski definition) is 7. The Labute approximate surface area is 212 Å². The molecule has 1 aromatic carbocycles. The van der Waals surface area contributed by atoms with Crippen LogP contribution in [0.3, 0.4) is 0 Å². The second-order valence-electron chi connectivity index (χ2n) is 9.76. The van der Waals surface area contributed by atoms with Gasteiger partial charge in [0.2, 0.25) is 5.95 Å². The van der Waals surface area contributed by atoms with Crippen molar-refractivity contribution in [3.8, 4) is 11.3 Å². The van der Waals surface area contributed by atoms with Gasteiger partial charge in [-0.05, 0) is 51.3 Å². The second-order valence-corrected chi connectivity index (χ2v) is 10.2. The lowest BCUT2D eigenvalue weighted by molar-refractivity contribution is 0.281. The van der Waals surface area contributed by atoms with Crippen LogP contribution in [-0.2, 0) is 6.61 Å². The van der Waals surface area contributed by atoms with Gasteiger partial charge in [-0.25, -0.2) is 9.97 Å². The number of halogens is 1. The molecular weight excluding hydrogens is 460 g/mol. The molecule has 2 fully saturated rings. The first kappa shape index (κ1) is 23.8. The van der Waals surface area contributed by atoms with E-state index in [1.807, 2.05) is 0 Å². The summed E-state index contributed by atoms with van der Waals surface area (Å²) >= 11 is 6.50. The van der Waals surface area contributed by atoms with Crippen LogP contribution in [-0.4, -0.2) is 58.3 Å². The minimum atomic E-state index is -0.0634. The Hall–Kier alpha value is -2.90. The van der Waals surface area contributed by atoms with Crippen molar-refractivity contribution in [1.82, 2.24) is 15.0 Å². The maximum absolute atomic E-state index is 9.37. The summed E-state index contributed by atoms with van der Waals surface area (Å²) in [5, 5.41) is 9.94. The van der Waals surface area contributed by atoms with E-state index in [4.69, 9.17) is 21.6 Å². The van der Waals surface area contributed by atoms with E-state index < -0.39 is 0 Å². The number of aliphatic hydroxyl groups is 1. The van der Waals surface area contributed by atoms with E-state index in [9.17, 15) is 5.11 Å². The Bertz CT molecular complexity index is 1200. The van der Waals surface area contributed by atoms with Crippen molar-refractivity contribution in [2.45, 2.75) is 52.3 Å². The number of nitrogens with zero attached hydrogens (tertiary/aromatic N) is 6. The molecule has 2 unspecified atom stereocenters. The molecule has 0 amide bonds. The zero-order valence-electron chi connectivity index (χ0n) is 20.7. The Morgan fingerprint density at radius 2 is 1.89 bits per heavy atom. The SMILES string of the molecule is Cc1cccc(-c2cc(N3CCN(c4ncc(CO)cc4Cl)CC3C)nc(N3CCCC3C)n2)c1. The summed E-state index contributed by atoms with van der Waals surface area (Å²) in [5.74, 6) is 2.56. The summed E-state index contributed by atoms with van der Waals surface area (Å²) in [6.07, 6.45) is 4.04. The molecule has 7 nitrogen and oxygen atoms in total. The van der Waals surface area contributed by atoms with Crippen molar-refractivity contribution in [3.63, 3.8) is 0 Å². The molecule has 5 rings (SSSR count). The van der Waals surface area contributed by atoms with Gasteiger partial charge < -0.3 is 19.8 Å². The third-order valence-corrected chi connectivity index (χ3v) is 7.38. The smallest absolute Gasteiger partial charge is 0.228 e. The van der Waals surface area contributed by atoms with E-state index in [0.717, 1.165) is 60.6 Å². The largest absolute Gasteiger partial charge is 0.392 e. The Morgan fingerprint density at radius 1 is 1.03 bits per heavy atom. The lowest BCUT2D eigenvalue weighted by atomic mass is 10.1. The lowest BCUT2D eigenvalue weighted by Gasteiger charge is -2.41. The van der Waals surface area contributed by atoms with Crippen LogP contribution in [0.1, 0.15) is 37.8 Å². The van der Waals surface area contributed by atoms with Crippen LogP contribution in [0, 0.1) is 6.92 Å².